The first-order valence-corrected chi connectivity index (χ1v) is 10.3. The summed E-state index contributed by atoms with van der Waals surface area (Å²) in [6.45, 7) is 3.22. The van der Waals surface area contributed by atoms with E-state index in [2.05, 4.69) is 10.6 Å². The van der Waals surface area contributed by atoms with E-state index in [1.54, 1.807) is 38.1 Å². The van der Waals surface area contributed by atoms with Crippen LogP contribution in [0.4, 0.5) is 10.1 Å². The summed E-state index contributed by atoms with van der Waals surface area (Å²) in [5.41, 5.74) is 1.88. The van der Waals surface area contributed by atoms with Gasteiger partial charge in [0.15, 0.2) is 0 Å². The van der Waals surface area contributed by atoms with E-state index >= 15 is 0 Å². The Hall–Kier alpha value is -3.96. The monoisotopic (exact) mass is 466 g/mol. The van der Waals surface area contributed by atoms with Gasteiger partial charge in [0.25, 0.3) is 11.5 Å². The lowest BCUT2D eigenvalue weighted by molar-refractivity contribution is -0.116. The molecule has 2 N–H and O–H groups in total. The zero-order valence-electron chi connectivity index (χ0n) is 17.9. The van der Waals surface area contributed by atoms with E-state index in [9.17, 15) is 24.0 Å². The van der Waals surface area contributed by atoms with Crippen LogP contribution in [0, 0.1) is 31.0 Å². The summed E-state index contributed by atoms with van der Waals surface area (Å²) in [6, 6.07) is 14.0. The van der Waals surface area contributed by atoms with Crippen LogP contribution in [-0.4, -0.2) is 16.4 Å². The molecule has 168 valence electrons. The molecular weight excluding hydrogens is 447 g/mol. The van der Waals surface area contributed by atoms with E-state index in [4.69, 9.17) is 11.6 Å². The third-order valence-corrected chi connectivity index (χ3v) is 5.25. The topological polar surface area (TPSA) is 104 Å². The zero-order valence-corrected chi connectivity index (χ0v) is 18.7. The molecule has 0 atom stereocenters. The van der Waals surface area contributed by atoms with Gasteiger partial charge < -0.3 is 15.2 Å². The molecule has 2 aromatic carbocycles. The first-order chi connectivity index (χ1) is 15.7. The second kappa shape index (κ2) is 10.1. The van der Waals surface area contributed by atoms with Gasteiger partial charge in [-0.15, -0.1) is 0 Å². The van der Waals surface area contributed by atoms with Gasteiger partial charge >= 0.3 is 0 Å². The van der Waals surface area contributed by atoms with Gasteiger partial charge in [-0.25, -0.2) is 4.39 Å². The third-order valence-electron chi connectivity index (χ3n) is 4.96. The van der Waals surface area contributed by atoms with Crippen molar-refractivity contribution in [2.24, 2.45) is 0 Å². The minimum atomic E-state index is -0.540. The second-order valence-electron chi connectivity index (χ2n) is 7.41. The molecule has 1 aromatic heterocycles. The molecule has 0 aliphatic rings. The molecule has 7 nitrogen and oxygen atoms in total. The number of hydrogen-bond donors (Lipinski definition) is 2. The number of hydrogen-bond acceptors (Lipinski definition) is 4. The molecule has 3 rings (SSSR count). The van der Waals surface area contributed by atoms with E-state index in [0.717, 1.165) is 0 Å². The Labute approximate surface area is 194 Å². The highest BCUT2D eigenvalue weighted by molar-refractivity contribution is 6.30. The highest BCUT2D eigenvalue weighted by Crippen LogP contribution is 2.16. The average molecular weight is 467 g/mol. The molecule has 0 radical (unpaired) electrons. The van der Waals surface area contributed by atoms with Crippen LogP contribution in [0.25, 0.3) is 0 Å². The fourth-order valence-electron chi connectivity index (χ4n) is 3.28. The summed E-state index contributed by atoms with van der Waals surface area (Å²) in [5, 5.41) is 14.5. The molecular formula is C24H20ClFN4O3. The van der Waals surface area contributed by atoms with Crippen LogP contribution in [-0.2, 0) is 17.9 Å². The van der Waals surface area contributed by atoms with E-state index < -0.39 is 23.2 Å². The summed E-state index contributed by atoms with van der Waals surface area (Å²) in [6.07, 6.45) is 0. The molecule has 9 heteroatoms. The summed E-state index contributed by atoms with van der Waals surface area (Å²) in [4.78, 5) is 37.5. The van der Waals surface area contributed by atoms with E-state index in [0.29, 0.717) is 28.1 Å². The molecule has 0 aliphatic carbocycles. The molecule has 0 unspecified atom stereocenters. The number of nitriles is 1. The minimum absolute atomic E-state index is 0.00508. The summed E-state index contributed by atoms with van der Waals surface area (Å²) < 4.78 is 14.5. The number of carbonyl (C=O) groups excluding carboxylic acids is 2. The molecule has 0 fully saturated rings. The Morgan fingerprint density at radius 2 is 1.91 bits per heavy atom. The number of nitrogens with zero attached hydrogens (tertiary/aromatic N) is 2. The van der Waals surface area contributed by atoms with Gasteiger partial charge in [-0.05, 0) is 61.4 Å². The predicted octanol–water partition coefficient (Wildman–Crippen LogP) is 3.70. The number of carbonyl (C=O) groups is 2. The van der Waals surface area contributed by atoms with Crippen molar-refractivity contribution in [3.8, 4) is 6.07 Å². The Morgan fingerprint density at radius 3 is 2.61 bits per heavy atom. The molecule has 1 heterocycles. The molecule has 33 heavy (non-hydrogen) atoms. The lowest BCUT2D eigenvalue weighted by Crippen LogP contribution is -2.31. The summed E-state index contributed by atoms with van der Waals surface area (Å²) >= 11 is 5.75. The van der Waals surface area contributed by atoms with Gasteiger partial charge in [0.1, 0.15) is 24.0 Å². The fraction of sp³-hybridized carbons (Fsp3) is 0.167. The lowest BCUT2D eigenvalue weighted by Gasteiger charge is -2.13. The number of halogens is 2. The van der Waals surface area contributed by atoms with Gasteiger partial charge in [0, 0.05) is 23.5 Å². The first-order valence-electron chi connectivity index (χ1n) is 9.92. The number of amides is 2. The van der Waals surface area contributed by atoms with Gasteiger partial charge in [0.2, 0.25) is 5.91 Å². The van der Waals surface area contributed by atoms with Crippen LogP contribution >= 0.6 is 11.6 Å². The van der Waals surface area contributed by atoms with E-state index in [1.807, 2.05) is 6.07 Å². The maximum Gasteiger partial charge on any atom is 0.269 e. The van der Waals surface area contributed by atoms with Gasteiger partial charge in [0.05, 0.1) is 5.02 Å². The van der Waals surface area contributed by atoms with Crippen molar-refractivity contribution in [3.63, 3.8) is 0 Å². The number of anilines is 1. The van der Waals surface area contributed by atoms with Crippen molar-refractivity contribution in [3.05, 3.63) is 97.7 Å². The van der Waals surface area contributed by atoms with Crippen LogP contribution in [0.3, 0.4) is 0 Å². The highest BCUT2D eigenvalue weighted by atomic mass is 35.5. The maximum atomic E-state index is 13.3. The van der Waals surface area contributed by atoms with Crippen molar-refractivity contribution in [2.45, 2.75) is 26.9 Å². The Morgan fingerprint density at radius 1 is 1.15 bits per heavy atom. The van der Waals surface area contributed by atoms with Crippen molar-refractivity contribution >= 4 is 29.1 Å². The lowest BCUT2D eigenvalue weighted by atomic mass is 10.1. The maximum absolute atomic E-state index is 13.3. The fourth-order valence-corrected chi connectivity index (χ4v) is 3.48. The van der Waals surface area contributed by atoms with Crippen LogP contribution in [0.15, 0.2) is 53.3 Å². The van der Waals surface area contributed by atoms with Gasteiger partial charge in [-0.2, -0.15) is 5.26 Å². The Balaban J connectivity index is 1.68. The minimum Gasteiger partial charge on any atom is -0.348 e. The van der Waals surface area contributed by atoms with Gasteiger partial charge in [-0.1, -0.05) is 23.7 Å². The molecule has 0 saturated heterocycles. The summed E-state index contributed by atoms with van der Waals surface area (Å²) in [5.74, 6) is -1.41. The predicted molar refractivity (Wildman–Crippen MR) is 123 cm³/mol. The average Bonchev–Trinajstić information content (AvgIpc) is 2.77. The number of rotatable bonds is 6. The van der Waals surface area contributed by atoms with Crippen LogP contribution in [0.1, 0.15) is 32.7 Å². The number of benzene rings is 2. The normalized spacial score (nSPS) is 10.4. The molecule has 0 aliphatic heterocycles. The second-order valence-corrected chi connectivity index (χ2v) is 7.81. The third kappa shape index (κ3) is 5.64. The molecule has 0 spiro atoms. The number of aromatic nitrogens is 1. The van der Waals surface area contributed by atoms with Crippen molar-refractivity contribution in [1.82, 2.24) is 9.88 Å². The van der Waals surface area contributed by atoms with Gasteiger partial charge in [-0.3, -0.25) is 14.4 Å². The standard InChI is InChI=1S/C24H20ClFN4O3/c1-14-8-15(2)30(24(33)19(14)11-27)13-22(31)29-18-5-3-4-17(10-18)23(32)28-12-16-6-7-21(26)20(25)9-16/h3-10H,12-13H2,1-2H3,(H,28,32)(H,29,31). The van der Waals surface area contributed by atoms with Crippen molar-refractivity contribution in [2.75, 3.05) is 5.32 Å². The molecule has 3 aromatic rings. The summed E-state index contributed by atoms with van der Waals surface area (Å²) in [7, 11) is 0. The van der Waals surface area contributed by atoms with Crippen molar-refractivity contribution in [1.29, 1.82) is 5.26 Å². The zero-order chi connectivity index (χ0) is 24.1. The van der Waals surface area contributed by atoms with E-state index in [1.165, 1.54) is 28.8 Å². The number of aryl methyl sites for hydroxylation is 2. The molecule has 0 bridgehead atoms. The van der Waals surface area contributed by atoms with Crippen LogP contribution in [0.2, 0.25) is 5.02 Å². The largest absolute Gasteiger partial charge is 0.348 e. The van der Waals surface area contributed by atoms with Crippen LogP contribution in [0.5, 0.6) is 0 Å². The Kier molecular flexibility index (Phi) is 7.26. The highest BCUT2D eigenvalue weighted by Gasteiger charge is 2.14. The first kappa shape index (κ1) is 23.7. The molecule has 0 saturated carbocycles. The molecule has 2 amide bonds. The van der Waals surface area contributed by atoms with Crippen molar-refractivity contribution < 1.29 is 14.0 Å². The number of nitrogens with one attached hydrogen (secondary N) is 2. The quantitative estimate of drug-likeness (QED) is 0.578. The SMILES string of the molecule is Cc1cc(C)n(CC(=O)Nc2cccc(C(=O)NCc3ccc(F)c(Cl)c3)c2)c(=O)c1C#N. The smallest absolute Gasteiger partial charge is 0.269 e. The van der Waals surface area contributed by atoms with E-state index in [-0.39, 0.29) is 23.7 Å². The van der Waals surface area contributed by atoms with Crippen LogP contribution < -0.4 is 16.2 Å². The number of pyridine rings is 1. The Bertz CT molecular complexity index is 1340.